The van der Waals surface area contributed by atoms with Gasteiger partial charge < -0.3 is 5.32 Å². The summed E-state index contributed by atoms with van der Waals surface area (Å²) in [6.45, 7) is 0.694. The third kappa shape index (κ3) is 2.95. The molecule has 0 bridgehead atoms. The molecule has 0 spiro atoms. The van der Waals surface area contributed by atoms with Gasteiger partial charge in [0, 0.05) is 11.6 Å². The van der Waals surface area contributed by atoms with Crippen molar-refractivity contribution >= 4 is 17.3 Å². The largest absolute Gasteiger partial charge is 0.380 e. The average molecular weight is 283 g/mol. The topological polar surface area (TPSA) is 35.8 Å². The zero-order chi connectivity index (χ0) is 13.9. The molecule has 0 amide bonds. The van der Waals surface area contributed by atoms with E-state index < -0.39 is 0 Å². The second-order valence-electron chi connectivity index (χ2n) is 5.17. The van der Waals surface area contributed by atoms with Crippen LogP contribution in [0.2, 0.25) is 5.02 Å². The van der Waals surface area contributed by atoms with Crippen molar-refractivity contribution in [1.82, 2.24) is 0 Å². The van der Waals surface area contributed by atoms with Crippen LogP contribution in [-0.2, 0) is 6.54 Å². The SMILES string of the molecule is N#Cc1ccc(Cl)cc1NCc1ccc(C2CC2)cc1. The molecule has 3 heteroatoms. The summed E-state index contributed by atoms with van der Waals surface area (Å²) in [4.78, 5) is 0. The van der Waals surface area contributed by atoms with E-state index in [9.17, 15) is 0 Å². The lowest BCUT2D eigenvalue weighted by molar-refractivity contribution is 1.10. The Hall–Kier alpha value is -1.98. The van der Waals surface area contributed by atoms with Crippen LogP contribution in [0.15, 0.2) is 42.5 Å². The molecule has 2 aromatic rings. The highest BCUT2D eigenvalue weighted by atomic mass is 35.5. The van der Waals surface area contributed by atoms with E-state index in [0.717, 1.165) is 11.6 Å². The minimum atomic E-state index is 0.615. The molecule has 0 saturated heterocycles. The number of benzene rings is 2. The smallest absolute Gasteiger partial charge is 0.101 e. The normalized spacial score (nSPS) is 13.8. The predicted molar refractivity (Wildman–Crippen MR) is 81.9 cm³/mol. The summed E-state index contributed by atoms with van der Waals surface area (Å²) in [5.74, 6) is 0.787. The highest BCUT2D eigenvalue weighted by Crippen LogP contribution is 2.39. The zero-order valence-electron chi connectivity index (χ0n) is 11.1. The van der Waals surface area contributed by atoms with Crippen LogP contribution >= 0.6 is 11.6 Å². The van der Waals surface area contributed by atoms with Crippen molar-refractivity contribution in [2.75, 3.05) is 5.32 Å². The molecule has 1 aliphatic rings. The van der Waals surface area contributed by atoms with Crippen LogP contribution in [0.25, 0.3) is 0 Å². The van der Waals surface area contributed by atoms with E-state index >= 15 is 0 Å². The Kier molecular flexibility index (Phi) is 3.62. The van der Waals surface area contributed by atoms with Gasteiger partial charge in [0.15, 0.2) is 0 Å². The van der Waals surface area contributed by atoms with E-state index in [1.165, 1.54) is 24.0 Å². The first-order chi connectivity index (χ1) is 9.76. The number of halogens is 1. The van der Waals surface area contributed by atoms with Crippen molar-refractivity contribution in [3.63, 3.8) is 0 Å². The first-order valence-corrected chi connectivity index (χ1v) is 7.16. The summed E-state index contributed by atoms with van der Waals surface area (Å²) >= 11 is 5.97. The lowest BCUT2D eigenvalue weighted by Gasteiger charge is -2.09. The average Bonchev–Trinajstić information content (AvgIpc) is 3.30. The Labute approximate surface area is 124 Å². The molecule has 0 radical (unpaired) electrons. The highest BCUT2D eigenvalue weighted by Gasteiger charge is 2.22. The van der Waals surface area contributed by atoms with Gasteiger partial charge in [-0.15, -0.1) is 0 Å². The van der Waals surface area contributed by atoms with Crippen LogP contribution in [0.5, 0.6) is 0 Å². The second kappa shape index (κ2) is 5.56. The van der Waals surface area contributed by atoms with Gasteiger partial charge in [0.05, 0.1) is 11.3 Å². The molecule has 100 valence electrons. The lowest BCUT2D eigenvalue weighted by Crippen LogP contribution is -2.01. The van der Waals surface area contributed by atoms with Crippen molar-refractivity contribution in [3.8, 4) is 6.07 Å². The van der Waals surface area contributed by atoms with Crippen LogP contribution < -0.4 is 5.32 Å². The lowest BCUT2D eigenvalue weighted by atomic mass is 10.1. The van der Waals surface area contributed by atoms with Crippen LogP contribution in [0.3, 0.4) is 0 Å². The predicted octanol–water partition coefficient (Wildman–Crippen LogP) is 4.70. The van der Waals surface area contributed by atoms with E-state index in [4.69, 9.17) is 16.9 Å². The van der Waals surface area contributed by atoms with E-state index in [-0.39, 0.29) is 0 Å². The first-order valence-electron chi connectivity index (χ1n) is 6.78. The summed E-state index contributed by atoms with van der Waals surface area (Å²) in [5.41, 5.74) is 4.04. The maximum absolute atomic E-state index is 9.08. The van der Waals surface area contributed by atoms with Crippen LogP contribution in [0.4, 0.5) is 5.69 Å². The third-order valence-corrected chi connectivity index (χ3v) is 3.85. The molecule has 1 saturated carbocycles. The maximum Gasteiger partial charge on any atom is 0.101 e. The van der Waals surface area contributed by atoms with Crippen LogP contribution in [0.1, 0.15) is 35.4 Å². The highest BCUT2D eigenvalue weighted by molar-refractivity contribution is 6.30. The fourth-order valence-electron chi connectivity index (χ4n) is 2.28. The summed E-state index contributed by atoms with van der Waals surface area (Å²) in [6.07, 6.45) is 2.65. The Morgan fingerprint density at radius 2 is 1.90 bits per heavy atom. The monoisotopic (exact) mass is 282 g/mol. The standard InChI is InChI=1S/C17H15ClN2/c18-16-8-7-15(10-19)17(9-16)20-11-12-1-3-13(4-2-12)14-5-6-14/h1-4,7-9,14,20H,5-6,11H2. The van der Waals surface area contributed by atoms with Crippen molar-refractivity contribution in [3.05, 3.63) is 64.2 Å². The van der Waals surface area contributed by atoms with Crippen molar-refractivity contribution in [2.45, 2.75) is 25.3 Å². The number of nitrogens with zero attached hydrogens (tertiary/aromatic N) is 1. The van der Waals surface area contributed by atoms with Gasteiger partial charge in [-0.3, -0.25) is 0 Å². The van der Waals surface area contributed by atoms with Gasteiger partial charge in [0.25, 0.3) is 0 Å². The number of rotatable bonds is 4. The van der Waals surface area contributed by atoms with E-state index in [1.807, 2.05) is 0 Å². The van der Waals surface area contributed by atoms with Crippen LogP contribution in [-0.4, -0.2) is 0 Å². The van der Waals surface area contributed by atoms with Gasteiger partial charge in [-0.2, -0.15) is 5.26 Å². The van der Waals surface area contributed by atoms with E-state index in [2.05, 4.69) is 35.7 Å². The Balaban J connectivity index is 1.69. The Bertz CT molecular complexity index is 652. The Morgan fingerprint density at radius 3 is 2.55 bits per heavy atom. The number of nitriles is 1. The molecule has 2 nitrogen and oxygen atoms in total. The van der Waals surface area contributed by atoms with Gasteiger partial charge in [0.2, 0.25) is 0 Å². The number of hydrogen-bond acceptors (Lipinski definition) is 2. The van der Waals surface area contributed by atoms with E-state index in [0.29, 0.717) is 17.1 Å². The summed E-state index contributed by atoms with van der Waals surface area (Å²) in [7, 11) is 0. The molecule has 3 rings (SSSR count). The fraction of sp³-hybridized carbons (Fsp3) is 0.235. The van der Waals surface area contributed by atoms with Gasteiger partial charge in [-0.05, 0) is 48.1 Å². The second-order valence-corrected chi connectivity index (χ2v) is 5.61. The molecule has 20 heavy (non-hydrogen) atoms. The fourth-order valence-corrected chi connectivity index (χ4v) is 2.45. The van der Waals surface area contributed by atoms with Gasteiger partial charge in [-0.1, -0.05) is 35.9 Å². The number of anilines is 1. The van der Waals surface area contributed by atoms with Crippen molar-refractivity contribution in [1.29, 1.82) is 5.26 Å². The molecule has 1 fully saturated rings. The Morgan fingerprint density at radius 1 is 1.15 bits per heavy atom. The maximum atomic E-state index is 9.08. The van der Waals surface area contributed by atoms with E-state index in [1.54, 1.807) is 18.2 Å². The first kappa shape index (κ1) is 13.0. The minimum absolute atomic E-state index is 0.615. The summed E-state index contributed by atoms with van der Waals surface area (Å²) in [6, 6.07) is 16.1. The summed E-state index contributed by atoms with van der Waals surface area (Å²) in [5, 5.41) is 13.0. The number of nitrogens with one attached hydrogen (secondary N) is 1. The minimum Gasteiger partial charge on any atom is -0.380 e. The zero-order valence-corrected chi connectivity index (χ0v) is 11.8. The molecule has 0 atom stereocenters. The van der Waals surface area contributed by atoms with Gasteiger partial charge in [0.1, 0.15) is 6.07 Å². The molecular weight excluding hydrogens is 268 g/mol. The molecule has 0 unspecified atom stereocenters. The van der Waals surface area contributed by atoms with Gasteiger partial charge >= 0.3 is 0 Å². The molecular formula is C17H15ClN2. The molecule has 0 aliphatic heterocycles. The quantitative estimate of drug-likeness (QED) is 0.882. The third-order valence-electron chi connectivity index (χ3n) is 3.61. The van der Waals surface area contributed by atoms with Crippen LogP contribution in [0, 0.1) is 11.3 Å². The molecule has 0 heterocycles. The summed E-state index contributed by atoms with van der Waals surface area (Å²) < 4.78 is 0. The van der Waals surface area contributed by atoms with Gasteiger partial charge in [-0.25, -0.2) is 0 Å². The molecule has 2 aromatic carbocycles. The number of hydrogen-bond donors (Lipinski definition) is 1. The molecule has 1 N–H and O–H groups in total. The van der Waals surface area contributed by atoms with Crippen molar-refractivity contribution in [2.24, 2.45) is 0 Å². The molecule has 1 aliphatic carbocycles. The van der Waals surface area contributed by atoms with Crippen molar-refractivity contribution < 1.29 is 0 Å². The molecule has 0 aromatic heterocycles.